The molecule has 2 unspecified atom stereocenters. The average molecular weight is 262 g/mol. The molecule has 2 atom stereocenters. The van der Waals surface area contributed by atoms with Crippen LogP contribution in [0.1, 0.15) is 23.7 Å². The lowest BCUT2D eigenvalue weighted by atomic mass is 9.95. The Hall–Kier alpha value is -1.55. The maximum absolute atomic E-state index is 12.6. The smallest absolute Gasteiger partial charge is 0.256 e. The first kappa shape index (κ1) is 13.9. The van der Waals surface area contributed by atoms with Crippen LogP contribution in [-0.4, -0.2) is 44.2 Å². The fraction of sp³-hybridized carbons (Fsp3) is 0.533. The Balaban J connectivity index is 2.15. The highest BCUT2D eigenvalue weighted by atomic mass is 16.5. The zero-order valence-corrected chi connectivity index (χ0v) is 11.8. The van der Waals surface area contributed by atoms with Crippen LogP contribution in [0.15, 0.2) is 24.3 Å². The highest BCUT2D eigenvalue weighted by Crippen LogP contribution is 2.23. The largest absolute Gasteiger partial charge is 0.387 e. The van der Waals surface area contributed by atoms with E-state index in [-0.39, 0.29) is 12.0 Å². The minimum absolute atomic E-state index is 0.0823. The van der Waals surface area contributed by atoms with Gasteiger partial charge in [-0.05, 0) is 24.5 Å². The number of benzene rings is 1. The van der Waals surface area contributed by atoms with Gasteiger partial charge < -0.3 is 15.0 Å². The van der Waals surface area contributed by atoms with Gasteiger partial charge in [-0.1, -0.05) is 19.1 Å². The number of nitrogens with zero attached hydrogens (tertiary/aromatic N) is 1. The van der Waals surface area contributed by atoms with Gasteiger partial charge >= 0.3 is 0 Å². The molecule has 0 bridgehead atoms. The molecule has 1 aliphatic heterocycles. The second-order valence-corrected chi connectivity index (χ2v) is 5.09. The Morgan fingerprint density at radius 3 is 2.84 bits per heavy atom. The van der Waals surface area contributed by atoms with Gasteiger partial charge in [0.25, 0.3) is 5.91 Å². The summed E-state index contributed by atoms with van der Waals surface area (Å²) in [5.74, 6) is 0.590. The van der Waals surface area contributed by atoms with Crippen molar-refractivity contribution in [3.63, 3.8) is 0 Å². The Kier molecular flexibility index (Phi) is 4.43. The molecule has 0 aromatic heterocycles. The van der Waals surface area contributed by atoms with Crippen molar-refractivity contribution < 1.29 is 9.53 Å². The lowest BCUT2D eigenvalue weighted by Crippen LogP contribution is -2.46. The molecule has 104 valence electrons. The number of methoxy groups -OCH3 is 1. The monoisotopic (exact) mass is 262 g/mol. The summed E-state index contributed by atoms with van der Waals surface area (Å²) in [5, 5.41) is 3.07. The lowest BCUT2D eigenvalue weighted by molar-refractivity contribution is -0.00153. The molecule has 2 rings (SSSR count). The highest BCUT2D eigenvalue weighted by Gasteiger charge is 2.29. The van der Waals surface area contributed by atoms with Crippen molar-refractivity contribution in [2.24, 2.45) is 5.92 Å². The minimum Gasteiger partial charge on any atom is -0.387 e. The van der Waals surface area contributed by atoms with Crippen LogP contribution in [-0.2, 0) is 4.74 Å². The van der Waals surface area contributed by atoms with E-state index in [1.165, 1.54) is 0 Å². The first-order valence-corrected chi connectivity index (χ1v) is 6.76. The van der Waals surface area contributed by atoms with Crippen molar-refractivity contribution >= 4 is 11.6 Å². The third-order valence-corrected chi connectivity index (χ3v) is 3.91. The SMILES string of the molecule is CNc1ccccc1C(=O)N1CCC(C)C(OC)C1. The van der Waals surface area contributed by atoms with Gasteiger partial charge in [0.1, 0.15) is 0 Å². The van der Waals surface area contributed by atoms with Gasteiger partial charge in [0, 0.05) is 32.9 Å². The van der Waals surface area contributed by atoms with Crippen molar-refractivity contribution in [2.45, 2.75) is 19.4 Å². The highest BCUT2D eigenvalue weighted by molar-refractivity contribution is 5.99. The van der Waals surface area contributed by atoms with Crippen LogP contribution >= 0.6 is 0 Å². The molecule has 1 amide bonds. The van der Waals surface area contributed by atoms with Crippen molar-refractivity contribution in [2.75, 3.05) is 32.6 Å². The molecule has 1 aliphatic rings. The van der Waals surface area contributed by atoms with Crippen molar-refractivity contribution in [3.05, 3.63) is 29.8 Å². The predicted molar refractivity (Wildman–Crippen MR) is 76.5 cm³/mol. The maximum Gasteiger partial charge on any atom is 0.256 e. The Morgan fingerprint density at radius 2 is 2.16 bits per heavy atom. The van der Waals surface area contributed by atoms with E-state index in [0.717, 1.165) is 24.2 Å². The number of piperidine rings is 1. The number of amides is 1. The van der Waals surface area contributed by atoms with E-state index in [9.17, 15) is 4.79 Å². The number of rotatable bonds is 3. The van der Waals surface area contributed by atoms with Gasteiger partial charge in [-0.15, -0.1) is 0 Å². The molecule has 0 aliphatic carbocycles. The molecule has 1 aromatic rings. The van der Waals surface area contributed by atoms with Gasteiger partial charge in [0.05, 0.1) is 11.7 Å². The van der Waals surface area contributed by atoms with E-state index < -0.39 is 0 Å². The summed E-state index contributed by atoms with van der Waals surface area (Å²) in [6.45, 7) is 3.66. The molecule has 1 heterocycles. The Bertz CT molecular complexity index is 448. The van der Waals surface area contributed by atoms with Crippen molar-refractivity contribution in [3.8, 4) is 0 Å². The van der Waals surface area contributed by atoms with E-state index in [4.69, 9.17) is 4.74 Å². The van der Waals surface area contributed by atoms with Gasteiger partial charge in [-0.25, -0.2) is 0 Å². The predicted octanol–water partition coefficient (Wildman–Crippen LogP) is 2.23. The molecule has 1 saturated heterocycles. The molecule has 1 fully saturated rings. The van der Waals surface area contributed by atoms with Gasteiger partial charge in [-0.3, -0.25) is 4.79 Å². The number of carbonyl (C=O) groups excluding carboxylic acids is 1. The molecular weight excluding hydrogens is 240 g/mol. The second kappa shape index (κ2) is 6.06. The normalized spacial score (nSPS) is 23.2. The number of carbonyl (C=O) groups is 1. The number of ether oxygens (including phenoxy) is 1. The lowest BCUT2D eigenvalue weighted by Gasteiger charge is -2.36. The van der Waals surface area contributed by atoms with Crippen LogP contribution in [0.2, 0.25) is 0 Å². The van der Waals surface area contributed by atoms with Crippen LogP contribution in [0.4, 0.5) is 5.69 Å². The molecule has 4 nitrogen and oxygen atoms in total. The van der Waals surface area contributed by atoms with Crippen molar-refractivity contribution in [1.82, 2.24) is 4.90 Å². The van der Waals surface area contributed by atoms with Crippen molar-refractivity contribution in [1.29, 1.82) is 0 Å². The molecular formula is C15H22N2O2. The number of nitrogens with one attached hydrogen (secondary N) is 1. The molecule has 19 heavy (non-hydrogen) atoms. The molecule has 0 saturated carbocycles. The summed E-state index contributed by atoms with van der Waals surface area (Å²) in [6.07, 6.45) is 1.13. The minimum atomic E-state index is 0.0823. The summed E-state index contributed by atoms with van der Waals surface area (Å²) in [4.78, 5) is 14.5. The third-order valence-electron chi connectivity index (χ3n) is 3.91. The van der Waals surface area contributed by atoms with Crippen LogP contribution in [0.3, 0.4) is 0 Å². The summed E-state index contributed by atoms with van der Waals surface area (Å²) >= 11 is 0. The van der Waals surface area contributed by atoms with E-state index in [2.05, 4.69) is 12.2 Å². The van der Waals surface area contributed by atoms with Crippen LogP contribution in [0.25, 0.3) is 0 Å². The summed E-state index contributed by atoms with van der Waals surface area (Å²) in [6, 6.07) is 7.62. The fourth-order valence-corrected chi connectivity index (χ4v) is 2.58. The zero-order chi connectivity index (χ0) is 13.8. The quantitative estimate of drug-likeness (QED) is 0.908. The number of likely N-dealkylation sites (tertiary alicyclic amines) is 1. The maximum atomic E-state index is 12.6. The fourth-order valence-electron chi connectivity index (χ4n) is 2.58. The number of hydrogen-bond donors (Lipinski definition) is 1. The van der Waals surface area contributed by atoms with Gasteiger partial charge in [0.2, 0.25) is 0 Å². The summed E-state index contributed by atoms with van der Waals surface area (Å²) < 4.78 is 5.47. The number of para-hydroxylation sites is 1. The molecule has 1 aromatic carbocycles. The van der Waals surface area contributed by atoms with Crippen LogP contribution < -0.4 is 5.32 Å². The first-order chi connectivity index (χ1) is 9.17. The van der Waals surface area contributed by atoms with E-state index in [0.29, 0.717) is 12.5 Å². The summed E-state index contributed by atoms with van der Waals surface area (Å²) in [7, 11) is 3.55. The second-order valence-electron chi connectivity index (χ2n) is 5.09. The summed E-state index contributed by atoms with van der Waals surface area (Å²) in [5.41, 5.74) is 1.61. The third kappa shape index (κ3) is 2.89. The molecule has 1 N–H and O–H groups in total. The van der Waals surface area contributed by atoms with Gasteiger partial charge in [-0.2, -0.15) is 0 Å². The average Bonchev–Trinajstić information content (AvgIpc) is 2.47. The zero-order valence-electron chi connectivity index (χ0n) is 11.8. The van der Waals surface area contributed by atoms with Crippen LogP contribution in [0, 0.1) is 5.92 Å². The first-order valence-electron chi connectivity index (χ1n) is 6.76. The molecule has 0 radical (unpaired) electrons. The van der Waals surface area contributed by atoms with E-state index >= 15 is 0 Å². The standard InChI is InChI=1S/C15H22N2O2/c1-11-8-9-17(10-14(11)19-3)15(18)12-6-4-5-7-13(12)16-2/h4-7,11,14,16H,8-10H2,1-3H3. The Morgan fingerprint density at radius 1 is 1.42 bits per heavy atom. The van der Waals surface area contributed by atoms with E-state index in [1.54, 1.807) is 7.11 Å². The topological polar surface area (TPSA) is 41.6 Å². The van der Waals surface area contributed by atoms with E-state index in [1.807, 2.05) is 36.2 Å². The Labute approximate surface area is 114 Å². The molecule has 0 spiro atoms. The van der Waals surface area contributed by atoms with Gasteiger partial charge in [0.15, 0.2) is 0 Å². The number of anilines is 1. The number of hydrogen-bond acceptors (Lipinski definition) is 3. The van der Waals surface area contributed by atoms with Crippen LogP contribution in [0.5, 0.6) is 0 Å². The molecule has 4 heteroatoms.